The van der Waals surface area contributed by atoms with Crippen LogP contribution in [0.4, 0.5) is 0 Å². The molecule has 2 aromatic heterocycles. The van der Waals surface area contributed by atoms with E-state index in [-0.39, 0.29) is 5.91 Å². The van der Waals surface area contributed by atoms with E-state index in [1.807, 2.05) is 5.43 Å². The van der Waals surface area contributed by atoms with E-state index in [1.54, 1.807) is 18.5 Å². The number of aromatic amines is 1. The molecule has 84 valence electrons. The molecule has 0 atom stereocenters. The van der Waals surface area contributed by atoms with Crippen molar-refractivity contribution >= 4 is 17.7 Å². The first-order chi connectivity index (χ1) is 7.79. The molecule has 2 heterocycles. The highest BCUT2D eigenvalue weighted by atomic mass is 32.2. The lowest BCUT2D eigenvalue weighted by Gasteiger charge is -1.93. The van der Waals surface area contributed by atoms with Gasteiger partial charge in [-0.05, 0) is 6.07 Å². The summed E-state index contributed by atoms with van der Waals surface area (Å²) in [5.41, 5.74) is 2.45. The second-order valence-corrected chi connectivity index (χ2v) is 3.92. The molecule has 2 aromatic rings. The van der Waals surface area contributed by atoms with E-state index in [0.717, 1.165) is 5.16 Å². The van der Waals surface area contributed by atoms with Gasteiger partial charge in [-0.1, -0.05) is 11.8 Å². The summed E-state index contributed by atoms with van der Waals surface area (Å²) in [6, 6.07) is 1.65. The summed E-state index contributed by atoms with van der Waals surface area (Å²) in [6.07, 6.45) is 4.80. The molecule has 1 amide bonds. The molecule has 0 aromatic carbocycles. The maximum absolute atomic E-state index is 11.1. The van der Waals surface area contributed by atoms with Crippen molar-refractivity contribution in [3.05, 3.63) is 36.0 Å². The van der Waals surface area contributed by atoms with Crippen molar-refractivity contribution < 1.29 is 9.21 Å². The second kappa shape index (κ2) is 4.86. The Kier molecular flexibility index (Phi) is 3.28. The summed E-state index contributed by atoms with van der Waals surface area (Å²) in [4.78, 5) is 18.2. The van der Waals surface area contributed by atoms with Gasteiger partial charge < -0.3 is 9.40 Å². The number of thioether (sulfide) groups is 1. The highest BCUT2D eigenvalue weighted by molar-refractivity contribution is 7.98. The Labute approximate surface area is 95.6 Å². The molecule has 0 spiro atoms. The monoisotopic (exact) mass is 238 g/mol. The van der Waals surface area contributed by atoms with Crippen molar-refractivity contribution in [2.45, 2.75) is 10.9 Å². The summed E-state index contributed by atoms with van der Waals surface area (Å²) in [7, 11) is 0. The molecular weight excluding hydrogens is 228 g/mol. The van der Waals surface area contributed by atoms with Gasteiger partial charge in [-0.2, -0.15) is 0 Å². The molecule has 6 nitrogen and oxygen atoms in total. The number of nitrogens with one attached hydrogen (secondary N) is 2. The van der Waals surface area contributed by atoms with Crippen LogP contribution in [0.3, 0.4) is 0 Å². The topological polar surface area (TPSA) is 96.9 Å². The zero-order chi connectivity index (χ0) is 11.4. The first-order valence-electron chi connectivity index (χ1n) is 4.50. The molecule has 0 unspecified atom stereocenters. The molecule has 0 aliphatic heterocycles. The number of H-pyrrole nitrogens is 1. The molecule has 0 saturated carbocycles. The van der Waals surface area contributed by atoms with Crippen LogP contribution in [0, 0.1) is 0 Å². The number of nitrogen functional groups attached to an aromatic ring is 1. The Morgan fingerprint density at radius 1 is 1.69 bits per heavy atom. The summed E-state index contributed by atoms with van der Waals surface area (Å²) in [6.45, 7) is 0. The fraction of sp³-hybridized carbons (Fsp3) is 0.111. The van der Waals surface area contributed by atoms with Crippen LogP contribution in [0.1, 0.15) is 16.1 Å². The van der Waals surface area contributed by atoms with Gasteiger partial charge in [0.05, 0.1) is 11.3 Å². The Morgan fingerprint density at radius 2 is 2.56 bits per heavy atom. The van der Waals surface area contributed by atoms with Crippen LogP contribution >= 0.6 is 11.8 Å². The molecular formula is C9H10N4O2S. The number of carbonyl (C=O) groups is 1. The molecule has 0 aliphatic carbocycles. The summed E-state index contributed by atoms with van der Waals surface area (Å²) >= 11 is 1.49. The number of imidazole rings is 1. The number of hydrazine groups is 1. The molecule has 0 radical (unpaired) electrons. The smallest absolute Gasteiger partial charge is 0.268 e. The van der Waals surface area contributed by atoms with Crippen molar-refractivity contribution in [1.29, 1.82) is 0 Å². The minimum atomic E-state index is -0.363. The Balaban J connectivity index is 1.95. The average molecular weight is 238 g/mol. The molecule has 4 N–H and O–H groups in total. The van der Waals surface area contributed by atoms with Crippen LogP contribution in [0.5, 0.6) is 0 Å². The lowest BCUT2D eigenvalue weighted by Crippen LogP contribution is -2.29. The third kappa shape index (κ3) is 2.44. The number of rotatable bonds is 4. The van der Waals surface area contributed by atoms with Gasteiger partial charge in [0.15, 0.2) is 5.16 Å². The van der Waals surface area contributed by atoms with Gasteiger partial charge in [0.25, 0.3) is 5.91 Å². The SMILES string of the molecule is NNC(=O)c1coc(CSc2ncc[nH]2)c1. The maximum Gasteiger partial charge on any atom is 0.268 e. The van der Waals surface area contributed by atoms with E-state index in [4.69, 9.17) is 10.3 Å². The minimum absolute atomic E-state index is 0.363. The van der Waals surface area contributed by atoms with E-state index >= 15 is 0 Å². The third-order valence-corrected chi connectivity index (χ3v) is 2.80. The Bertz CT molecular complexity index is 466. The molecule has 7 heteroatoms. The quantitative estimate of drug-likeness (QED) is 0.318. The van der Waals surface area contributed by atoms with E-state index in [0.29, 0.717) is 17.1 Å². The normalized spacial score (nSPS) is 10.3. The minimum Gasteiger partial charge on any atom is -0.468 e. The molecule has 2 rings (SSSR count). The van der Waals surface area contributed by atoms with Crippen LogP contribution < -0.4 is 11.3 Å². The third-order valence-electron chi connectivity index (χ3n) is 1.87. The largest absolute Gasteiger partial charge is 0.468 e. The van der Waals surface area contributed by atoms with Crippen LogP contribution in [0.15, 0.2) is 34.3 Å². The van der Waals surface area contributed by atoms with Crippen LogP contribution in [-0.4, -0.2) is 15.9 Å². The molecule has 0 fully saturated rings. The van der Waals surface area contributed by atoms with Crippen LogP contribution in [0.25, 0.3) is 0 Å². The van der Waals surface area contributed by atoms with Crippen molar-refractivity contribution in [2.24, 2.45) is 5.84 Å². The van der Waals surface area contributed by atoms with Gasteiger partial charge in [-0.25, -0.2) is 10.8 Å². The number of hydrogen-bond donors (Lipinski definition) is 3. The van der Waals surface area contributed by atoms with E-state index in [1.165, 1.54) is 18.0 Å². The molecule has 16 heavy (non-hydrogen) atoms. The van der Waals surface area contributed by atoms with Crippen molar-refractivity contribution in [3.8, 4) is 0 Å². The number of amides is 1. The predicted octanol–water partition coefficient (Wildman–Crippen LogP) is 0.898. The van der Waals surface area contributed by atoms with Crippen LogP contribution in [0.2, 0.25) is 0 Å². The molecule has 0 aliphatic rings. The summed E-state index contributed by atoms with van der Waals surface area (Å²) in [5, 5.41) is 0.807. The van der Waals surface area contributed by atoms with Crippen LogP contribution in [-0.2, 0) is 5.75 Å². The lowest BCUT2D eigenvalue weighted by atomic mass is 10.3. The summed E-state index contributed by atoms with van der Waals surface area (Å²) < 4.78 is 5.21. The highest BCUT2D eigenvalue weighted by Crippen LogP contribution is 2.20. The Morgan fingerprint density at radius 3 is 3.25 bits per heavy atom. The van der Waals surface area contributed by atoms with E-state index in [9.17, 15) is 4.79 Å². The van der Waals surface area contributed by atoms with Crippen molar-refractivity contribution in [1.82, 2.24) is 15.4 Å². The first kappa shape index (κ1) is 10.8. The van der Waals surface area contributed by atoms with Gasteiger partial charge >= 0.3 is 0 Å². The fourth-order valence-electron chi connectivity index (χ4n) is 1.13. The Hall–Kier alpha value is -1.73. The predicted molar refractivity (Wildman–Crippen MR) is 58.5 cm³/mol. The second-order valence-electron chi connectivity index (χ2n) is 2.96. The summed E-state index contributed by atoms with van der Waals surface area (Å²) in [5.74, 6) is 5.94. The number of hydrogen-bond acceptors (Lipinski definition) is 5. The number of nitrogens with zero attached hydrogens (tertiary/aromatic N) is 1. The number of carbonyl (C=O) groups excluding carboxylic acids is 1. The zero-order valence-electron chi connectivity index (χ0n) is 8.27. The lowest BCUT2D eigenvalue weighted by molar-refractivity contribution is 0.0953. The van der Waals surface area contributed by atoms with E-state index < -0.39 is 0 Å². The highest BCUT2D eigenvalue weighted by Gasteiger charge is 2.09. The van der Waals surface area contributed by atoms with Crippen molar-refractivity contribution in [3.63, 3.8) is 0 Å². The standard InChI is InChI=1S/C9H10N4O2S/c10-13-8(14)6-3-7(15-4-6)5-16-9-11-1-2-12-9/h1-4H,5,10H2,(H,11,12)(H,13,14). The zero-order valence-corrected chi connectivity index (χ0v) is 9.08. The molecule has 0 bridgehead atoms. The first-order valence-corrected chi connectivity index (χ1v) is 5.48. The number of furan rings is 1. The van der Waals surface area contributed by atoms with Gasteiger partial charge in [-0.15, -0.1) is 0 Å². The molecule has 0 saturated heterocycles. The number of nitrogens with two attached hydrogens (primary N) is 1. The van der Waals surface area contributed by atoms with Crippen molar-refractivity contribution in [2.75, 3.05) is 0 Å². The fourth-order valence-corrected chi connectivity index (χ4v) is 1.85. The maximum atomic E-state index is 11.1. The van der Waals surface area contributed by atoms with Gasteiger partial charge in [0, 0.05) is 12.4 Å². The van der Waals surface area contributed by atoms with Gasteiger partial charge in [0.1, 0.15) is 12.0 Å². The van der Waals surface area contributed by atoms with Gasteiger partial charge in [-0.3, -0.25) is 10.2 Å². The average Bonchev–Trinajstić information content (AvgIpc) is 2.96. The number of aromatic nitrogens is 2. The van der Waals surface area contributed by atoms with E-state index in [2.05, 4.69) is 9.97 Å². The van der Waals surface area contributed by atoms with Gasteiger partial charge in [0.2, 0.25) is 0 Å².